The van der Waals surface area contributed by atoms with Gasteiger partial charge in [-0.2, -0.15) is 0 Å². The number of rotatable bonds is 7. The molecule has 1 aliphatic heterocycles. The lowest BCUT2D eigenvalue weighted by Crippen LogP contribution is -2.48. The summed E-state index contributed by atoms with van der Waals surface area (Å²) in [5.41, 5.74) is 0.153. The lowest BCUT2D eigenvalue weighted by atomic mass is 10.2. The number of hydrogen-bond acceptors (Lipinski definition) is 6. The number of nitrogens with zero attached hydrogens (tertiary/aromatic N) is 2. The van der Waals surface area contributed by atoms with Crippen LogP contribution in [0.3, 0.4) is 0 Å². The molecule has 36 heavy (non-hydrogen) atoms. The molecule has 12 heteroatoms. The van der Waals surface area contributed by atoms with Gasteiger partial charge < -0.3 is 19.9 Å². The van der Waals surface area contributed by atoms with Crippen molar-refractivity contribution < 1.29 is 27.5 Å². The molecule has 1 aliphatic rings. The number of aromatic nitrogens is 1. The average molecular weight is 521 g/mol. The van der Waals surface area contributed by atoms with E-state index in [0.717, 1.165) is 4.88 Å². The van der Waals surface area contributed by atoms with E-state index in [2.05, 4.69) is 19.9 Å². The number of halogens is 3. The summed E-state index contributed by atoms with van der Waals surface area (Å²) >= 11 is 1.30. The van der Waals surface area contributed by atoms with E-state index in [1.165, 1.54) is 35.6 Å². The minimum Gasteiger partial charge on any atom is -0.405 e. The summed E-state index contributed by atoms with van der Waals surface area (Å²) in [6.45, 7) is 2.78. The first-order chi connectivity index (χ1) is 17.2. The predicted molar refractivity (Wildman–Crippen MR) is 127 cm³/mol. The number of amides is 2. The van der Waals surface area contributed by atoms with E-state index in [0.29, 0.717) is 37.6 Å². The Morgan fingerprint density at radius 2 is 1.75 bits per heavy atom. The fraction of sp³-hybridized carbons (Fsp3) is 0.292. The van der Waals surface area contributed by atoms with Gasteiger partial charge in [-0.3, -0.25) is 19.3 Å². The molecule has 190 valence electrons. The number of pyridine rings is 1. The smallest absolute Gasteiger partial charge is 0.405 e. The number of carbonyl (C=O) groups is 2. The zero-order valence-electron chi connectivity index (χ0n) is 19.0. The van der Waals surface area contributed by atoms with Crippen LogP contribution in [0.5, 0.6) is 5.75 Å². The highest BCUT2D eigenvalue weighted by molar-refractivity contribution is 7.14. The van der Waals surface area contributed by atoms with Gasteiger partial charge in [0.2, 0.25) is 5.56 Å². The van der Waals surface area contributed by atoms with Gasteiger partial charge in [0.1, 0.15) is 11.4 Å². The fourth-order valence-corrected chi connectivity index (χ4v) is 4.76. The van der Waals surface area contributed by atoms with Crippen LogP contribution in [0, 0.1) is 0 Å². The van der Waals surface area contributed by atoms with Gasteiger partial charge in [0.15, 0.2) is 0 Å². The molecule has 0 atom stereocenters. The largest absolute Gasteiger partial charge is 0.573 e. The molecular formula is C24H23F3N4O4S. The summed E-state index contributed by atoms with van der Waals surface area (Å²) in [5.74, 6) is -0.960. The summed E-state index contributed by atoms with van der Waals surface area (Å²) < 4.78 is 41.8. The first-order valence-electron chi connectivity index (χ1n) is 11.1. The quantitative estimate of drug-likeness (QED) is 0.499. The number of thiophene rings is 1. The van der Waals surface area contributed by atoms with Gasteiger partial charge >= 0.3 is 6.36 Å². The summed E-state index contributed by atoms with van der Waals surface area (Å²) in [6, 6.07) is 13.7. The van der Waals surface area contributed by atoms with Crippen molar-refractivity contribution in [2.45, 2.75) is 19.5 Å². The van der Waals surface area contributed by atoms with Crippen molar-refractivity contribution in [2.24, 2.45) is 0 Å². The van der Waals surface area contributed by atoms with Crippen molar-refractivity contribution in [1.82, 2.24) is 20.1 Å². The van der Waals surface area contributed by atoms with Crippen LogP contribution >= 0.6 is 11.3 Å². The minimum absolute atomic E-state index is 0.110. The van der Waals surface area contributed by atoms with Gasteiger partial charge in [-0.05, 0) is 24.3 Å². The van der Waals surface area contributed by atoms with Gasteiger partial charge in [-0.1, -0.05) is 24.3 Å². The summed E-state index contributed by atoms with van der Waals surface area (Å²) in [4.78, 5) is 44.4. The number of piperazine rings is 1. The van der Waals surface area contributed by atoms with Crippen LogP contribution in [0.15, 0.2) is 59.4 Å². The number of aromatic amines is 1. The SMILES string of the molecule is O=C(NCc1ccccc1OC(F)(F)F)c1ccc(CN2CCN(C(=O)c3cccc(=O)[nH]3)CC2)s1. The minimum atomic E-state index is -4.82. The molecule has 3 aromatic rings. The Bertz CT molecular complexity index is 1280. The van der Waals surface area contributed by atoms with Crippen molar-refractivity contribution in [3.05, 3.63) is 86.0 Å². The Labute approximate surface area is 208 Å². The van der Waals surface area contributed by atoms with Crippen LogP contribution in [0.25, 0.3) is 0 Å². The molecule has 2 aromatic heterocycles. The molecule has 4 rings (SSSR count). The number of ether oxygens (including phenoxy) is 1. The monoisotopic (exact) mass is 520 g/mol. The van der Waals surface area contributed by atoms with Crippen molar-refractivity contribution in [3.8, 4) is 5.75 Å². The number of benzene rings is 1. The van der Waals surface area contributed by atoms with Crippen LogP contribution in [0.2, 0.25) is 0 Å². The van der Waals surface area contributed by atoms with Crippen LogP contribution < -0.4 is 15.6 Å². The zero-order valence-corrected chi connectivity index (χ0v) is 19.8. The van der Waals surface area contributed by atoms with Crippen LogP contribution in [0.1, 0.15) is 30.6 Å². The molecule has 0 spiro atoms. The third-order valence-corrected chi connectivity index (χ3v) is 6.63. The molecule has 0 bridgehead atoms. The molecule has 1 saturated heterocycles. The van der Waals surface area contributed by atoms with Gasteiger partial charge in [0.05, 0.1) is 4.88 Å². The summed E-state index contributed by atoms with van der Waals surface area (Å²) in [7, 11) is 0. The maximum absolute atomic E-state index is 12.6. The Kier molecular flexibility index (Phi) is 7.75. The molecule has 0 radical (unpaired) electrons. The molecule has 0 saturated carbocycles. The third kappa shape index (κ3) is 6.73. The molecule has 2 amide bonds. The van der Waals surface area contributed by atoms with E-state index in [4.69, 9.17) is 0 Å². The average Bonchev–Trinajstić information content (AvgIpc) is 3.31. The Hall–Kier alpha value is -3.64. The Morgan fingerprint density at radius 1 is 1.00 bits per heavy atom. The van der Waals surface area contributed by atoms with Crippen LogP contribution in [-0.4, -0.2) is 59.1 Å². The number of hydrogen-bond donors (Lipinski definition) is 2. The van der Waals surface area contributed by atoms with Gasteiger partial charge in [-0.25, -0.2) is 0 Å². The maximum Gasteiger partial charge on any atom is 0.573 e. The van der Waals surface area contributed by atoms with Gasteiger partial charge in [0.25, 0.3) is 11.8 Å². The molecular weight excluding hydrogens is 497 g/mol. The van der Waals surface area contributed by atoms with Crippen molar-refractivity contribution in [3.63, 3.8) is 0 Å². The molecule has 1 aromatic carbocycles. The van der Waals surface area contributed by atoms with E-state index in [1.807, 2.05) is 6.07 Å². The predicted octanol–water partition coefficient (Wildman–Crippen LogP) is 3.22. The van der Waals surface area contributed by atoms with Gasteiger partial charge in [-0.15, -0.1) is 24.5 Å². The first-order valence-corrected chi connectivity index (χ1v) is 11.9. The lowest BCUT2D eigenvalue weighted by Gasteiger charge is -2.34. The third-order valence-electron chi connectivity index (χ3n) is 5.56. The number of H-pyrrole nitrogens is 1. The normalized spacial score (nSPS) is 14.5. The van der Waals surface area contributed by atoms with E-state index in [-0.39, 0.29) is 40.9 Å². The van der Waals surface area contributed by atoms with E-state index in [9.17, 15) is 27.6 Å². The van der Waals surface area contributed by atoms with Crippen molar-refractivity contribution in [2.75, 3.05) is 26.2 Å². The lowest BCUT2D eigenvalue weighted by molar-refractivity contribution is -0.274. The standard InChI is InChI=1S/C24H23F3N4O4S/c25-24(26,27)35-19-6-2-1-4-16(19)14-28-22(33)20-9-8-17(36-20)15-30-10-12-31(13-11-30)23(34)18-5-3-7-21(32)29-18/h1-9H,10-15H2,(H,28,33)(H,29,32). The molecule has 3 heterocycles. The van der Waals surface area contributed by atoms with Crippen LogP contribution in [-0.2, 0) is 13.1 Å². The number of nitrogens with one attached hydrogen (secondary N) is 2. The maximum atomic E-state index is 12.6. The van der Waals surface area contributed by atoms with Crippen LogP contribution in [0.4, 0.5) is 13.2 Å². The molecule has 1 fully saturated rings. The summed E-state index contributed by atoms with van der Waals surface area (Å²) in [5, 5.41) is 2.64. The Morgan fingerprint density at radius 3 is 2.47 bits per heavy atom. The fourth-order valence-electron chi connectivity index (χ4n) is 3.79. The second-order valence-corrected chi connectivity index (χ2v) is 9.27. The topological polar surface area (TPSA) is 94.7 Å². The Balaban J connectivity index is 1.27. The highest BCUT2D eigenvalue weighted by Crippen LogP contribution is 2.26. The molecule has 0 unspecified atom stereocenters. The van der Waals surface area contributed by atoms with E-state index >= 15 is 0 Å². The van der Waals surface area contributed by atoms with Crippen molar-refractivity contribution >= 4 is 23.2 Å². The second kappa shape index (κ2) is 11.0. The highest BCUT2D eigenvalue weighted by atomic mass is 32.1. The highest BCUT2D eigenvalue weighted by Gasteiger charge is 2.32. The zero-order chi connectivity index (χ0) is 25.7. The number of para-hydroxylation sites is 1. The van der Waals surface area contributed by atoms with Gasteiger partial charge in [0, 0.05) is 55.8 Å². The van der Waals surface area contributed by atoms with E-state index < -0.39 is 6.36 Å². The molecule has 8 nitrogen and oxygen atoms in total. The number of carbonyl (C=O) groups excluding carboxylic acids is 2. The number of alkyl halides is 3. The second-order valence-electron chi connectivity index (χ2n) is 8.10. The van der Waals surface area contributed by atoms with E-state index in [1.54, 1.807) is 29.2 Å². The molecule has 2 N–H and O–H groups in total. The first kappa shape index (κ1) is 25.5. The summed E-state index contributed by atoms with van der Waals surface area (Å²) in [6.07, 6.45) is -4.82. The van der Waals surface area contributed by atoms with Crippen molar-refractivity contribution in [1.29, 1.82) is 0 Å². The molecule has 0 aliphatic carbocycles.